The Kier molecular flexibility index (Phi) is 6.14. The predicted molar refractivity (Wildman–Crippen MR) is 103 cm³/mol. The van der Waals surface area contributed by atoms with Crippen molar-refractivity contribution in [3.8, 4) is 0 Å². The highest BCUT2D eigenvalue weighted by atomic mass is 32.2. The molecule has 1 aliphatic heterocycles. The maximum absolute atomic E-state index is 14.6. The van der Waals surface area contributed by atoms with E-state index in [1.54, 1.807) is 6.92 Å². The van der Waals surface area contributed by atoms with Gasteiger partial charge >= 0.3 is 18.0 Å². The Morgan fingerprint density at radius 2 is 1.47 bits per heavy atom. The van der Waals surface area contributed by atoms with Gasteiger partial charge in [0.1, 0.15) is 0 Å². The van der Waals surface area contributed by atoms with Gasteiger partial charge < -0.3 is 0 Å². The second-order valence-corrected chi connectivity index (χ2v) is 9.71. The molecule has 0 spiro atoms. The van der Waals surface area contributed by atoms with Crippen molar-refractivity contribution in [3.05, 3.63) is 65.7 Å². The lowest BCUT2D eigenvalue weighted by atomic mass is 9.81. The molecular formula is C21H20F7NO2S. The number of nitrogens with zero attached hydrogens (tertiary/aromatic N) is 1. The van der Waals surface area contributed by atoms with Gasteiger partial charge in [-0.25, -0.2) is 8.42 Å². The van der Waals surface area contributed by atoms with Crippen molar-refractivity contribution in [2.75, 3.05) is 6.54 Å². The third kappa shape index (κ3) is 4.00. The summed E-state index contributed by atoms with van der Waals surface area (Å²) in [6.45, 7) is 1.39. The Balaban J connectivity index is 2.17. The molecule has 3 rings (SSSR count). The summed E-state index contributed by atoms with van der Waals surface area (Å²) in [5, 5.41) is 0. The first-order valence-electron chi connectivity index (χ1n) is 9.63. The topological polar surface area (TPSA) is 37.4 Å². The molecule has 2 aromatic carbocycles. The summed E-state index contributed by atoms with van der Waals surface area (Å²) >= 11 is 0. The van der Waals surface area contributed by atoms with Gasteiger partial charge in [-0.1, -0.05) is 48.0 Å². The van der Waals surface area contributed by atoms with Crippen LogP contribution >= 0.6 is 0 Å². The Morgan fingerprint density at radius 3 is 2.00 bits per heavy atom. The molecule has 2 aromatic rings. The van der Waals surface area contributed by atoms with E-state index in [1.807, 2.05) is 0 Å². The van der Waals surface area contributed by atoms with E-state index in [0.29, 0.717) is 4.31 Å². The molecule has 1 atom stereocenters. The summed E-state index contributed by atoms with van der Waals surface area (Å²) < 4.78 is 123. The van der Waals surface area contributed by atoms with Crippen molar-refractivity contribution in [3.63, 3.8) is 0 Å². The highest BCUT2D eigenvalue weighted by Crippen LogP contribution is 2.55. The maximum Gasteiger partial charge on any atom is 0.459 e. The zero-order valence-electron chi connectivity index (χ0n) is 16.8. The number of sulfonamides is 1. The van der Waals surface area contributed by atoms with Gasteiger partial charge in [0.2, 0.25) is 10.0 Å². The van der Waals surface area contributed by atoms with E-state index in [4.69, 9.17) is 0 Å². The Bertz CT molecular complexity index is 1050. The third-order valence-corrected chi connectivity index (χ3v) is 7.66. The zero-order chi connectivity index (χ0) is 24.0. The van der Waals surface area contributed by atoms with Crippen molar-refractivity contribution in [1.29, 1.82) is 0 Å². The molecule has 1 saturated heterocycles. The summed E-state index contributed by atoms with van der Waals surface area (Å²) in [6, 6.07) is 12.2. The average Bonchev–Trinajstić information content (AvgIpc) is 3.13. The Hall–Kier alpha value is -2.14. The first kappa shape index (κ1) is 24.5. The summed E-state index contributed by atoms with van der Waals surface area (Å²) in [7, 11) is -4.49. The first-order chi connectivity index (χ1) is 14.7. The molecule has 1 fully saturated rings. The fourth-order valence-corrected chi connectivity index (χ4v) is 5.87. The molecule has 0 N–H and O–H groups in total. The number of benzene rings is 2. The minimum atomic E-state index is -6.51. The Morgan fingerprint density at radius 1 is 0.906 bits per heavy atom. The number of rotatable bonds is 6. The van der Waals surface area contributed by atoms with Crippen LogP contribution < -0.4 is 0 Å². The minimum absolute atomic E-state index is 0.00759. The molecule has 0 aliphatic carbocycles. The van der Waals surface area contributed by atoms with E-state index < -0.39 is 40.0 Å². The van der Waals surface area contributed by atoms with Crippen LogP contribution in [0.15, 0.2) is 59.5 Å². The van der Waals surface area contributed by atoms with Crippen molar-refractivity contribution in [2.24, 2.45) is 0 Å². The number of halogens is 7. The van der Waals surface area contributed by atoms with Crippen LogP contribution in [0.1, 0.15) is 30.4 Å². The average molecular weight is 483 g/mol. The van der Waals surface area contributed by atoms with Crippen LogP contribution in [0.4, 0.5) is 30.7 Å². The molecule has 1 unspecified atom stereocenters. The van der Waals surface area contributed by atoms with Crippen LogP contribution in [0.5, 0.6) is 0 Å². The third-order valence-electron chi connectivity index (χ3n) is 5.68. The second-order valence-electron chi connectivity index (χ2n) is 7.84. The summed E-state index contributed by atoms with van der Waals surface area (Å²) in [4.78, 5) is -0.267. The number of hydrogen-bond acceptors (Lipinski definition) is 2. The van der Waals surface area contributed by atoms with Crippen molar-refractivity contribution < 1.29 is 39.2 Å². The van der Waals surface area contributed by atoms with Crippen LogP contribution in [0.2, 0.25) is 0 Å². The molecular weight excluding hydrogens is 463 g/mol. The molecule has 11 heteroatoms. The van der Waals surface area contributed by atoms with Gasteiger partial charge in [-0.15, -0.1) is 0 Å². The lowest BCUT2D eigenvalue weighted by molar-refractivity contribution is -0.359. The molecule has 32 heavy (non-hydrogen) atoms. The van der Waals surface area contributed by atoms with E-state index in [9.17, 15) is 39.2 Å². The number of hydrogen-bond donors (Lipinski definition) is 0. The van der Waals surface area contributed by atoms with Crippen LogP contribution in [0.3, 0.4) is 0 Å². The fraction of sp³-hybridized carbons (Fsp3) is 0.429. The molecule has 1 heterocycles. The summed E-state index contributed by atoms with van der Waals surface area (Å²) in [5.41, 5.74) is -1.65. The van der Waals surface area contributed by atoms with E-state index in [1.165, 1.54) is 54.6 Å². The molecule has 0 radical (unpaired) electrons. The van der Waals surface area contributed by atoms with Gasteiger partial charge in [0.05, 0.1) is 10.4 Å². The van der Waals surface area contributed by atoms with Gasteiger partial charge in [-0.3, -0.25) is 0 Å². The van der Waals surface area contributed by atoms with E-state index >= 15 is 0 Å². The quantitative estimate of drug-likeness (QED) is 0.480. The molecule has 0 amide bonds. The molecule has 0 aromatic heterocycles. The van der Waals surface area contributed by atoms with Gasteiger partial charge in [0.15, 0.2) is 0 Å². The number of aryl methyl sites for hydroxylation is 1. The highest BCUT2D eigenvalue weighted by Gasteiger charge is 2.74. The Labute approximate surface area is 180 Å². The van der Waals surface area contributed by atoms with Crippen LogP contribution in [0.25, 0.3) is 0 Å². The SMILES string of the molecule is Cc1ccc(S(=O)(=O)N2CCCC2(CC(F)(F)C(F)(F)C(F)(F)F)c2ccccc2)cc1. The molecule has 176 valence electrons. The van der Waals surface area contributed by atoms with E-state index in [-0.39, 0.29) is 29.8 Å². The first-order valence-corrected chi connectivity index (χ1v) is 11.1. The molecule has 0 saturated carbocycles. The zero-order valence-corrected chi connectivity index (χ0v) is 17.7. The van der Waals surface area contributed by atoms with E-state index in [2.05, 4.69) is 0 Å². The lowest BCUT2D eigenvalue weighted by Crippen LogP contribution is -2.57. The van der Waals surface area contributed by atoms with Crippen molar-refractivity contribution in [2.45, 2.75) is 54.6 Å². The van der Waals surface area contributed by atoms with Crippen LogP contribution in [-0.2, 0) is 15.6 Å². The molecule has 0 bridgehead atoms. The second kappa shape index (κ2) is 8.02. The van der Waals surface area contributed by atoms with Gasteiger partial charge in [0.25, 0.3) is 0 Å². The molecule has 1 aliphatic rings. The van der Waals surface area contributed by atoms with Crippen LogP contribution in [-0.4, -0.2) is 37.3 Å². The standard InChI is InChI=1S/C21H20F7NO2S/c1-15-8-10-17(11-9-15)32(30,31)29-13-5-12-18(29,16-6-3-2-4-7-16)14-19(22,23)20(24,25)21(26,27)28/h2-4,6-11H,5,12-14H2,1H3. The summed E-state index contributed by atoms with van der Waals surface area (Å²) in [6.07, 6.45) is -8.87. The largest absolute Gasteiger partial charge is 0.459 e. The smallest absolute Gasteiger partial charge is 0.207 e. The molecule has 3 nitrogen and oxygen atoms in total. The van der Waals surface area contributed by atoms with Crippen molar-refractivity contribution >= 4 is 10.0 Å². The van der Waals surface area contributed by atoms with Gasteiger partial charge in [0, 0.05) is 13.0 Å². The predicted octanol–water partition coefficient (Wildman–Crippen LogP) is 5.90. The number of alkyl halides is 7. The highest BCUT2D eigenvalue weighted by molar-refractivity contribution is 7.89. The fourth-order valence-electron chi connectivity index (χ4n) is 4.04. The van der Waals surface area contributed by atoms with Gasteiger partial charge in [-0.05, 0) is 37.5 Å². The lowest BCUT2D eigenvalue weighted by Gasteiger charge is -2.42. The summed E-state index contributed by atoms with van der Waals surface area (Å²) in [5.74, 6) is -11.9. The minimum Gasteiger partial charge on any atom is -0.207 e. The monoisotopic (exact) mass is 483 g/mol. The van der Waals surface area contributed by atoms with E-state index in [0.717, 1.165) is 5.56 Å². The maximum atomic E-state index is 14.6. The van der Waals surface area contributed by atoms with Gasteiger partial charge in [-0.2, -0.15) is 35.0 Å². The normalized spacial score (nSPS) is 21.1. The van der Waals surface area contributed by atoms with Crippen molar-refractivity contribution in [1.82, 2.24) is 4.31 Å². The van der Waals surface area contributed by atoms with Crippen LogP contribution in [0, 0.1) is 6.92 Å².